The molecule has 0 radical (unpaired) electrons. The molecule has 64 valence electrons. The fourth-order valence-corrected chi connectivity index (χ4v) is 0.500. The topological polar surface area (TPSA) is 28.0 Å². The van der Waals surface area contributed by atoms with Crippen LogP contribution in [0.5, 0.6) is 0 Å². The molecular weight excluding hydrogens is 162 g/mol. The van der Waals surface area contributed by atoms with Crippen LogP contribution in [0.3, 0.4) is 0 Å². The first-order valence-corrected chi connectivity index (χ1v) is 4.07. The van der Waals surface area contributed by atoms with Crippen LogP contribution < -0.4 is 0 Å². The maximum absolute atomic E-state index is 5.30. The summed E-state index contributed by atoms with van der Waals surface area (Å²) in [6.07, 6.45) is 3.27. The van der Waals surface area contributed by atoms with Crippen molar-refractivity contribution in [1.29, 1.82) is 0 Å². The normalized spacial score (nSPS) is 12.4. The summed E-state index contributed by atoms with van der Waals surface area (Å²) in [6, 6.07) is 0.301. The van der Waals surface area contributed by atoms with Gasteiger partial charge in [0.1, 0.15) is 6.00 Å². The Morgan fingerprint density at radius 3 is 2.55 bits per heavy atom. The highest BCUT2D eigenvalue weighted by molar-refractivity contribution is 6.20. The van der Waals surface area contributed by atoms with E-state index in [0.717, 1.165) is 6.54 Å². The van der Waals surface area contributed by atoms with Gasteiger partial charge in [0, 0.05) is 12.4 Å². The minimum Gasteiger partial charge on any atom is -0.288 e. The van der Waals surface area contributed by atoms with E-state index in [0.29, 0.717) is 12.7 Å². The first-order chi connectivity index (χ1) is 5.31. The van der Waals surface area contributed by atoms with Crippen molar-refractivity contribution in [3.8, 4) is 0 Å². The lowest BCUT2D eigenvalue weighted by Gasteiger charge is -2.08. The first kappa shape index (κ1) is 10.6. The molecule has 0 saturated carbocycles. The number of alkyl halides is 1. The van der Waals surface area contributed by atoms with E-state index in [1.165, 1.54) is 0 Å². The molecule has 0 bridgehead atoms. The van der Waals surface area contributed by atoms with Crippen LogP contribution in [0.1, 0.15) is 6.92 Å². The quantitative estimate of drug-likeness (QED) is 0.351. The Morgan fingerprint density at radius 1 is 1.36 bits per heavy atom. The Balaban J connectivity index is 3.36. The van der Waals surface area contributed by atoms with E-state index in [1.54, 1.807) is 12.4 Å². The van der Waals surface area contributed by atoms with Gasteiger partial charge in [-0.1, -0.05) is 6.92 Å². The molecule has 0 saturated heterocycles. The summed E-state index contributed by atoms with van der Waals surface area (Å²) < 4.78 is 0. The van der Waals surface area contributed by atoms with Gasteiger partial charge in [-0.25, -0.2) is 0 Å². The summed E-state index contributed by atoms with van der Waals surface area (Å²) >= 11 is 5.30. The van der Waals surface area contributed by atoms with Crippen molar-refractivity contribution >= 4 is 24.0 Å². The van der Waals surface area contributed by atoms with E-state index in [4.69, 9.17) is 11.6 Å². The molecule has 0 rings (SSSR count). The molecule has 0 aromatic rings. The molecule has 3 nitrogen and oxygen atoms in total. The van der Waals surface area contributed by atoms with Crippen LogP contribution in [0.25, 0.3) is 0 Å². The summed E-state index contributed by atoms with van der Waals surface area (Å²) in [5, 5.41) is 0. The summed E-state index contributed by atoms with van der Waals surface area (Å²) in [7, 11) is 2.01. The molecule has 0 N–H and O–H groups in total. The fraction of sp³-hybridized carbons (Fsp3) is 0.714. The largest absolute Gasteiger partial charge is 0.288 e. The number of rotatable bonds is 5. The zero-order chi connectivity index (χ0) is 8.53. The summed E-state index contributed by atoms with van der Waals surface area (Å²) in [5.41, 5.74) is 0. The van der Waals surface area contributed by atoms with Crippen LogP contribution in [-0.2, 0) is 0 Å². The minimum atomic E-state index is 0.301. The van der Waals surface area contributed by atoms with Crippen molar-refractivity contribution < 1.29 is 0 Å². The van der Waals surface area contributed by atoms with Crippen molar-refractivity contribution in [1.82, 2.24) is 4.90 Å². The maximum atomic E-state index is 5.30. The molecule has 0 unspecified atom stereocenters. The van der Waals surface area contributed by atoms with Gasteiger partial charge in [-0.2, -0.15) is 0 Å². The van der Waals surface area contributed by atoms with Crippen LogP contribution in [0.2, 0.25) is 0 Å². The first-order valence-electron chi connectivity index (χ1n) is 3.54. The van der Waals surface area contributed by atoms with Crippen molar-refractivity contribution in [3.05, 3.63) is 0 Å². The molecule has 4 heteroatoms. The molecule has 0 aromatic carbocycles. The highest BCUT2D eigenvalue weighted by Crippen LogP contribution is 1.79. The van der Waals surface area contributed by atoms with Gasteiger partial charge in [0.15, 0.2) is 0 Å². The predicted octanol–water partition coefficient (Wildman–Crippen LogP) is 1.23. The van der Waals surface area contributed by atoms with Gasteiger partial charge in [-0.3, -0.25) is 14.9 Å². The van der Waals surface area contributed by atoms with E-state index >= 15 is 0 Å². The number of halogens is 1. The highest BCUT2D eigenvalue weighted by Gasteiger charge is 1.86. The van der Waals surface area contributed by atoms with Crippen LogP contribution in [0.15, 0.2) is 9.98 Å². The van der Waals surface area contributed by atoms with Gasteiger partial charge >= 0.3 is 0 Å². The van der Waals surface area contributed by atoms with Gasteiger partial charge in [0.25, 0.3) is 0 Å². The van der Waals surface area contributed by atoms with E-state index in [-0.39, 0.29) is 0 Å². The van der Waals surface area contributed by atoms with Crippen LogP contribution >= 0.6 is 11.6 Å². The van der Waals surface area contributed by atoms with E-state index < -0.39 is 0 Å². The molecule has 0 aliphatic rings. The molecule has 11 heavy (non-hydrogen) atoms. The predicted molar refractivity (Wildman–Crippen MR) is 50.9 cm³/mol. The Morgan fingerprint density at radius 2 is 2.00 bits per heavy atom. The third-order valence-electron chi connectivity index (χ3n) is 1.21. The van der Waals surface area contributed by atoms with E-state index in [9.17, 15) is 0 Å². The van der Waals surface area contributed by atoms with Crippen LogP contribution in [0.4, 0.5) is 0 Å². The van der Waals surface area contributed by atoms with Gasteiger partial charge in [-0.15, -0.1) is 11.6 Å². The smallest absolute Gasteiger partial charge is 0.113 e. The third kappa shape index (κ3) is 7.49. The Labute approximate surface area is 72.8 Å². The lowest BCUT2D eigenvalue weighted by molar-refractivity contribution is 0.367. The monoisotopic (exact) mass is 175 g/mol. The van der Waals surface area contributed by atoms with Crippen molar-refractivity contribution in [3.63, 3.8) is 0 Å². The number of hydrogen-bond acceptors (Lipinski definition) is 3. The van der Waals surface area contributed by atoms with E-state index in [2.05, 4.69) is 21.8 Å². The van der Waals surface area contributed by atoms with Gasteiger partial charge in [0.2, 0.25) is 0 Å². The molecule has 0 heterocycles. The summed E-state index contributed by atoms with van der Waals surface area (Å²) in [6.45, 7) is 3.80. The van der Waals surface area contributed by atoms with E-state index in [1.807, 2.05) is 7.05 Å². The molecule has 0 fully saturated rings. The number of nitrogens with zero attached hydrogens (tertiary/aromatic N) is 3. The lowest BCUT2D eigenvalue weighted by atomic mass is 10.6. The number of hydrogen-bond donors (Lipinski definition) is 0. The zero-order valence-corrected chi connectivity index (χ0v) is 7.75. The minimum absolute atomic E-state index is 0.301. The van der Waals surface area contributed by atoms with Gasteiger partial charge in [0.05, 0.1) is 6.67 Å². The van der Waals surface area contributed by atoms with Crippen LogP contribution in [0, 0.1) is 0 Å². The zero-order valence-electron chi connectivity index (χ0n) is 7.00. The molecule has 0 amide bonds. The molecule has 0 aliphatic carbocycles. The second kappa shape index (κ2) is 7.69. The van der Waals surface area contributed by atoms with Crippen LogP contribution in [-0.4, -0.2) is 43.6 Å². The molecular formula is C7H14ClN3. The SMILES string of the molecule is CCN(C)C/N=C\C=N/CCl. The molecule has 0 atom stereocenters. The Bertz CT molecular complexity index is 134. The van der Waals surface area contributed by atoms with Crippen molar-refractivity contribution in [2.75, 3.05) is 26.3 Å². The second-order valence-electron chi connectivity index (χ2n) is 2.10. The Kier molecular flexibility index (Phi) is 7.41. The van der Waals surface area contributed by atoms with Crippen molar-refractivity contribution in [2.24, 2.45) is 9.98 Å². The lowest BCUT2D eigenvalue weighted by Crippen LogP contribution is -2.17. The summed E-state index contributed by atoms with van der Waals surface area (Å²) in [4.78, 5) is 9.93. The molecule has 0 spiro atoms. The molecule has 0 aromatic heterocycles. The average Bonchev–Trinajstić information content (AvgIpc) is 2.04. The van der Waals surface area contributed by atoms with Gasteiger partial charge < -0.3 is 0 Å². The second-order valence-corrected chi connectivity index (χ2v) is 2.34. The summed E-state index contributed by atoms with van der Waals surface area (Å²) in [5.74, 6) is 0. The Hall–Kier alpha value is -0.410. The average molecular weight is 176 g/mol. The highest BCUT2D eigenvalue weighted by atomic mass is 35.5. The standard InChI is InChI=1S/C7H14ClN3/c1-3-11(2)7-10-5-4-9-6-8/h4-5H,3,6-7H2,1-2H3/b9-4-,10-5-. The fourth-order valence-electron chi connectivity index (χ4n) is 0.421. The van der Waals surface area contributed by atoms with Gasteiger partial charge in [-0.05, 0) is 13.6 Å². The maximum Gasteiger partial charge on any atom is 0.113 e. The van der Waals surface area contributed by atoms with Crippen molar-refractivity contribution in [2.45, 2.75) is 6.92 Å². The molecule has 0 aliphatic heterocycles. The number of aliphatic imine (C=N–C) groups is 2. The third-order valence-corrected chi connectivity index (χ3v) is 1.35.